The van der Waals surface area contributed by atoms with E-state index in [2.05, 4.69) is 98.5 Å². The Kier molecular flexibility index (Phi) is 7.24. The molecular formula is C24H27I. The molecule has 0 spiro atoms. The molecule has 1 aromatic rings. The van der Waals surface area contributed by atoms with Gasteiger partial charge in [0.25, 0.3) is 0 Å². The molecule has 1 aliphatic rings. The van der Waals surface area contributed by atoms with E-state index in [1.807, 2.05) is 19.1 Å². The van der Waals surface area contributed by atoms with Crippen LogP contribution in [-0.2, 0) is 0 Å². The second-order valence-electron chi connectivity index (χ2n) is 6.21. The average Bonchev–Trinajstić information content (AvgIpc) is 2.61. The van der Waals surface area contributed by atoms with Crippen LogP contribution in [0.2, 0.25) is 0 Å². The van der Waals surface area contributed by atoms with E-state index >= 15 is 0 Å². The van der Waals surface area contributed by atoms with Crippen LogP contribution >= 0.6 is 22.6 Å². The Morgan fingerprint density at radius 2 is 1.88 bits per heavy atom. The summed E-state index contributed by atoms with van der Waals surface area (Å²) in [6.07, 6.45) is 22.7. The molecule has 0 fully saturated rings. The summed E-state index contributed by atoms with van der Waals surface area (Å²) in [5.74, 6) is 0. The highest BCUT2D eigenvalue weighted by molar-refractivity contribution is 14.1. The monoisotopic (exact) mass is 442 g/mol. The van der Waals surface area contributed by atoms with E-state index in [-0.39, 0.29) is 0 Å². The van der Waals surface area contributed by atoms with Crippen LogP contribution in [0.1, 0.15) is 42.5 Å². The van der Waals surface area contributed by atoms with Crippen LogP contribution in [0.25, 0.3) is 23.8 Å². The van der Waals surface area contributed by atoms with Gasteiger partial charge in [-0.2, -0.15) is 0 Å². The van der Waals surface area contributed by atoms with E-state index in [0.717, 1.165) is 6.42 Å². The topological polar surface area (TPSA) is 0 Å². The fourth-order valence-corrected chi connectivity index (χ4v) is 3.88. The Bertz CT molecular complexity index is 889. The largest absolute Gasteiger partial charge is 0.0991 e. The van der Waals surface area contributed by atoms with Crippen LogP contribution in [0.3, 0.4) is 0 Å². The zero-order valence-corrected chi connectivity index (χ0v) is 17.8. The van der Waals surface area contributed by atoms with Crippen LogP contribution in [0, 0.1) is 13.8 Å². The summed E-state index contributed by atoms with van der Waals surface area (Å²) in [5, 5.41) is 2.77. The lowest BCUT2D eigenvalue weighted by Gasteiger charge is -2.19. The molecule has 25 heavy (non-hydrogen) atoms. The SMILES string of the molecule is C=C/C=C\c1c(C)c(C)c2c(c1C(/C=C\C=C/C)=C/C)=C[C@H](I)CC=2. The van der Waals surface area contributed by atoms with E-state index in [1.165, 1.54) is 38.3 Å². The summed E-state index contributed by atoms with van der Waals surface area (Å²) in [4.78, 5) is 0. The molecule has 1 atom stereocenters. The van der Waals surface area contributed by atoms with Gasteiger partial charge in [-0.15, -0.1) is 0 Å². The summed E-state index contributed by atoms with van der Waals surface area (Å²) < 4.78 is 0.541. The maximum Gasteiger partial charge on any atom is 0.0333 e. The molecule has 0 saturated carbocycles. The average molecular weight is 442 g/mol. The van der Waals surface area contributed by atoms with Gasteiger partial charge in [0, 0.05) is 3.92 Å². The molecule has 0 aliphatic heterocycles. The van der Waals surface area contributed by atoms with E-state index in [0.29, 0.717) is 3.92 Å². The van der Waals surface area contributed by atoms with E-state index in [4.69, 9.17) is 0 Å². The van der Waals surface area contributed by atoms with Gasteiger partial charge in [0.2, 0.25) is 0 Å². The number of rotatable bonds is 5. The summed E-state index contributed by atoms with van der Waals surface area (Å²) in [7, 11) is 0. The molecule has 0 saturated heterocycles. The molecule has 1 heteroatoms. The molecule has 1 aromatic carbocycles. The van der Waals surface area contributed by atoms with Crippen molar-refractivity contribution in [1.82, 2.24) is 0 Å². The third kappa shape index (κ3) is 4.33. The molecule has 2 rings (SSSR count). The second kappa shape index (κ2) is 9.19. The van der Waals surface area contributed by atoms with Crippen molar-refractivity contribution in [2.75, 3.05) is 0 Å². The third-order valence-electron chi connectivity index (χ3n) is 4.67. The first-order chi connectivity index (χ1) is 12.0. The zero-order chi connectivity index (χ0) is 18.4. The standard InChI is InChI=1S/C24H27I/c1-6-9-11-12-19(8-3)24-22(13-10-7-2)18(5)17(4)21-15-14-20(25)16-23(21)24/h6-13,15-16,20H,2,14H2,1,3-5H3/b9-6-,12-11-,13-10-,19-8+/t20-/m1/s1. The third-order valence-corrected chi connectivity index (χ3v) is 5.54. The van der Waals surface area contributed by atoms with Crippen LogP contribution in [0.4, 0.5) is 0 Å². The summed E-state index contributed by atoms with van der Waals surface area (Å²) in [6.45, 7) is 12.5. The number of fused-ring (bicyclic) bond motifs is 1. The number of alkyl halides is 1. The maximum absolute atomic E-state index is 3.84. The predicted molar refractivity (Wildman–Crippen MR) is 123 cm³/mol. The summed E-state index contributed by atoms with van der Waals surface area (Å²) in [6, 6.07) is 0. The van der Waals surface area contributed by atoms with Gasteiger partial charge in [0.15, 0.2) is 0 Å². The lowest BCUT2D eigenvalue weighted by atomic mass is 9.86. The van der Waals surface area contributed by atoms with Crippen LogP contribution in [0.5, 0.6) is 0 Å². The van der Waals surface area contributed by atoms with Gasteiger partial charge >= 0.3 is 0 Å². The predicted octanol–water partition coefficient (Wildman–Crippen LogP) is 5.81. The Balaban J connectivity index is 2.93. The van der Waals surface area contributed by atoms with Crippen molar-refractivity contribution in [3.05, 3.63) is 81.8 Å². The molecule has 0 aromatic heterocycles. The minimum Gasteiger partial charge on any atom is -0.0991 e. The number of halogens is 1. The molecule has 0 N–H and O–H groups in total. The summed E-state index contributed by atoms with van der Waals surface area (Å²) in [5.41, 5.74) is 6.62. The zero-order valence-electron chi connectivity index (χ0n) is 15.6. The Labute approximate surface area is 165 Å². The number of benzene rings is 1. The molecule has 0 bridgehead atoms. The fraction of sp³-hybridized carbons (Fsp3) is 0.250. The highest BCUT2D eigenvalue weighted by atomic mass is 127. The first-order valence-corrected chi connectivity index (χ1v) is 10.0. The van der Waals surface area contributed by atoms with Gasteiger partial charge in [-0.05, 0) is 72.4 Å². The fourth-order valence-electron chi connectivity index (χ4n) is 3.27. The van der Waals surface area contributed by atoms with Gasteiger partial charge < -0.3 is 0 Å². The van der Waals surface area contributed by atoms with Gasteiger partial charge in [0.1, 0.15) is 0 Å². The van der Waals surface area contributed by atoms with Gasteiger partial charge in [0.05, 0.1) is 0 Å². The normalized spacial score (nSPS) is 17.8. The highest BCUT2D eigenvalue weighted by Gasteiger charge is 2.16. The smallest absolute Gasteiger partial charge is 0.0333 e. The Hall–Kier alpha value is -1.61. The summed E-state index contributed by atoms with van der Waals surface area (Å²) >= 11 is 2.53. The quantitative estimate of drug-likeness (QED) is 0.307. The van der Waals surface area contributed by atoms with E-state index in [9.17, 15) is 0 Å². The van der Waals surface area contributed by atoms with Crippen molar-refractivity contribution in [1.29, 1.82) is 0 Å². The van der Waals surface area contributed by atoms with Crippen molar-refractivity contribution in [2.45, 2.75) is 38.0 Å². The van der Waals surface area contributed by atoms with Crippen molar-refractivity contribution in [3.8, 4) is 0 Å². The van der Waals surface area contributed by atoms with Crippen LogP contribution < -0.4 is 10.4 Å². The molecule has 130 valence electrons. The van der Waals surface area contributed by atoms with Gasteiger partial charge in [-0.3, -0.25) is 0 Å². The van der Waals surface area contributed by atoms with Crippen molar-refractivity contribution >= 4 is 46.4 Å². The van der Waals surface area contributed by atoms with Crippen LogP contribution in [0.15, 0.2) is 49.1 Å². The molecular weight excluding hydrogens is 415 g/mol. The molecule has 1 aliphatic carbocycles. The van der Waals surface area contributed by atoms with Gasteiger partial charge in [-0.1, -0.05) is 89.9 Å². The van der Waals surface area contributed by atoms with Crippen LogP contribution in [-0.4, -0.2) is 3.92 Å². The second-order valence-corrected chi connectivity index (χ2v) is 7.81. The Morgan fingerprint density at radius 1 is 1.12 bits per heavy atom. The lowest BCUT2D eigenvalue weighted by Crippen LogP contribution is -2.36. The highest BCUT2D eigenvalue weighted by Crippen LogP contribution is 2.24. The van der Waals surface area contributed by atoms with Crippen molar-refractivity contribution in [2.24, 2.45) is 0 Å². The molecule has 0 amide bonds. The number of hydrogen-bond acceptors (Lipinski definition) is 0. The molecule has 0 heterocycles. The first kappa shape index (κ1) is 19.7. The minimum absolute atomic E-state index is 0.541. The maximum atomic E-state index is 3.84. The minimum atomic E-state index is 0.541. The lowest BCUT2D eigenvalue weighted by molar-refractivity contribution is 1.14. The molecule has 0 unspecified atom stereocenters. The number of hydrogen-bond donors (Lipinski definition) is 0. The molecule has 0 nitrogen and oxygen atoms in total. The van der Waals surface area contributed by atoms with E-state index in [1.54, 1.807) is 0 Å². The molecule has 0 radical (unpaired) electrons. The van der Waals surface area contributed by atoms with Crippen molar-refractivity contribution < 1.29 is 0 Å². The van der Waals surface area contributed by atoms with E-state index < -0.39 is 0 Å². The number of allylic oxidation sites excluding steroid dienone is 8. The first-order valence-electron chi connectivity index (χ1n) is 8.79. The Morgan fingerprint density at radius 3 is 2.52 bits per heavy atom. The van der Waals surface area contributed by atoms with Gasteiger partial charge in [-0.25, -0.2) is 0 Å². The van der Waals surface area contributed by atoms with Crippen molar-refractivity contribution in [3.63, 3.8) is 0 Å².